The Labute approximate surface area is 110 Å². The lowest BCUT2D eigenvalue weighted by Crippen LogP contribution is -2.14. The van der Waals surface area contributed by atoms with Gasteiger partial charge in [0.1, 0.15) is 0 Å². The summed E-state index contributed by atoms with van der Waals surface area (Å²) in [5, 5.41) is 10.3. The zero-order valence-electron chi connectivity index (χ0n) is 10.5. The van der Waals surface area contributed by atoms with Crippen LogP contribution in [-0.4, -0.2) is 16.1 Å². The van der Waals surface area contributed by atoms with Gasteiger partial charge < -0.3 is 5.32 Å². The van der Waals surface area contributed by atoms with Crippen LogP contribution in [0.25, 0.3) is 0 Å². The minimum atomic E-state index is -0.220. The Balaban J connectivity index is 2.24. The number of nitrogens with zero attached hydrogens (tertiary/aromatic N) is 1. The summed E-state index contributed by atoms with van der Waals surface area (Å²) in [4.78, 5) is 12.1. The molecule has 18 heavy (non-hydrogen) atoms. The van der Waals surface area contributed by atoms with Crippen LogP contribution in [0.1, 0.15) is 27.3 Å². The first-order chi connectivity index (χ1) is 8.49. The van der Waals surface area contributed by atoms with E-state index in [1.807, 2.05) is 20.8 Å². The molecule has 1 heterocycles. The number of rotatable bonds is 2. The summed E-state index contributed by atoms with van der Waals surface area (Å²) >= 11 is 5.87. The third kappa shape index (κ3) is 2.38. The highest BCUT2D eigenvalue weighted by Gasteiger charge is 2.15. The quantitative estimate of drug-likeness (QED) is 0.874. The molecule has 2 N–H and O–H groups in total. The minimum Gasteiger partial charge on any atom is -0.320 e. The molecule has 0 saturated heterocycles. The lowest BCUT2D eigenvalue weighted by molar-refractivity contribution is 0.102. The molecule has 1 aromatic heterocycles. The summed E-state index contributed by atoms with van der Waals surface area (Å²) in [5.74, 6) is -0.220. The zero-order valence-corrected chi connectivity index (χ0v) is 11.2. The van der Waals surface area contributed by atoms with Crippen molar-refractivity contribution in [2.75, 3.05) is 5.32 Å². The number of hydrogen-bond donors (Lipinski definition) is 2. The number of benzene rings is 1. The number of amides is 1. The van der Waals surface area contributed by atoms with Crippen molar-refractivity contribution in [3.05, 3.63) is 45.7 Å². The summed E-state index contributed by atoms with van der Waals surface area (Å²) in [6.45, 7) is 5.64. The van der Waals surface area contributed by atoms with Gasteiger partial charge in [-0.3, -0.25) is 9.89 Å². The van der Waals surface area contributed by atoms with E-state index in [1.54, 1.807) is 18.2 Å². The Morgan fingerprint density at radius 1 is 1.33 bits per heavy atom. The minimum absolute atomic E-state index is 0.220. The van der Waals surface area contributed by atoms with Crippen molar-refractivity contribution in [1.29, 1.82) is 0 Å². The molecule has 0 radical (unpaired) electrons. The summed E-state index contributed by atoms with van der Waals surface area (Å²) in [6, 6.07) is 5.33. The van der Waals surface area contributed by atoms with E-state index in [2.05, 4.69) is 15.5 Å². The molecular weight excluding hydrogens is 250 g/mol. The molecule has 0 saturated carbocycles. The van der Waals surface area contributed by atoms with Crippen LogP contribution in [0.3, 0.4) is 0 Å². The van der Waals surface area contributed by atoms with Crippen molar-refractivity contribution in [3.63, 3.8) is 0 Å². The highest BCUT2D eigenvalue weighted by molar-refractivity contribution is 6.30. The average molecular weight is 264 g/mol. The molecule has 0 spiro atoms. The molecule has 5 heteroatoms. The first kappa shape index (κ1) is 12.6. The number of aromatic amines is 1. The second-order valence-electron chi connectivity index (χ2n) is 4.24. The molecule has 2 rings (SSSR count). The highest BCUT2D eigenvalue weighted by Crippen LogP contribution is 2.20. The van der Waals surface area contributed by atoms with E-state index in [0.717, 1.165) is 22.5 Å². The van der Waals surface area contributed by atoms with E-state index >= 15 is 0 Å². The molecule has 1 aromatic carbocycles. The van der Waals surface area contributed by atoms with Crippen molar-refractivity contribution in [3.8, 4) is 0 Å². The number of H-pyrrole nitrogens is 1. The van der Waals surface area contributed by atoms with Crippen LogP contribution in [0.15, 0.2) is 18.2 Å². The number of aromatic nitrogens is 2. The molecule has 0 fully saturated rings. The summed E-state index contributed by atoms with van der Waals surface area (Å²) in [6.07, 6.45) is 0. The van der Waals surface area contributed by atoms with Gasteiger partial charge in [-0.1, -0.05) is 11.6 Å². The fraction of sp³-hybridized carbons (Fsp3) is 0.231. The van der Waals surface area contributed by atoms with Crippen molar-refractivity contribution in [2.45, 2.75) is 20.8 Å². The molecule has 0 aliphatic carbocycles. The number of halogens is 1. The van der Waals surface area contributed by atoms with Crippen LogP contribution in [0.5, 0.6) is 0 Å². The van der Waals surface area contributed by atoms with Gasteiger partial charge >= 0.3 is 0 Å². The lowest BCUT2D eigenvalue weighted by Gasteiger charge is -2.07. The molecule has 0 bridgehead atoms. The van der Waals surface area contributed by atoms with Gasteiger partial charge in [-0.25, -0.2) is 0 Å². The SMILES string of the molecule is Cc1cc(Cl)ccc1NC(=O)c1n[nH]c(C)c1C. The fourth-order valence-electron chi connectivity index (χ4n) is 1.65. The number of anilines is 1. The smallest absolute Gasteiger partial charge is 0.276 e. The van der Waals surface area contributed by atoms with E-state index < -0.39 is 0 Å². The number of nitrogens with one attached hydrogen (secondary N) is 2. The van der Waals surface area contributed by atoms with Crippen molar-refractivity contribution in [1.82, 2.24) is 10.2 Å². The zero-order chi connectivity index (χ0) is 13.3. The van der Waals surface area contributed by atoms with Gasteiger partial charge in [0.2, 0.25) is 0 Å². The van der Waals surface area contributed by atoms with Crippen LogP contribution in [0.2, 0.25) is 5.02 Å². The van der Waals surface area contributed by atoms with E-state index in [-0.39, 0.29) is 5.91 Å². The number of carbonyl (C=O) groups excluding carboxylic acids is 1. The van der Waals surface area contributed by atoms with E-state index in [4.69, 9.17) is 11.6 Å². The van der Waals surface area contributed by atoms with E-state index in [1.165, 1.54) is 0 Å². The fourth-order valence-corrected chi connectivity index (χ4v) is 1.88. The molecule has 0 aliphatic rings. The largest absolute Gasteiger partial charge is 0.320 e. The first-order valence-electron chi connectivity index (χ1n) is 5.58. The van der Waals surface area contributed by atoms with Crippen molar-refractivity contribution >= 4 is 23.2 Å². The summed E-state index contributed by atoms with van der Waals surface area (Å²) in [5.41, 5.74) is 3.83. The second kappa shape index (κ2) is 4.82. The molecule has 2 aromatic rings. The third-order valence-corrected chi connectivity index (χ3v) is 3.14. The topological polar surface area (TPSA) is 57.8 Å². The monoisotopic (exact) mass is 263 g/mol. The van der Waals surface area contributed by atoms with E-state index in [0.29, 0.717) is 10.7 Å². The van der Waals surface area contributed by atoms with Crippen LogP contribution in [0.4, 0.5) is 5.69 Å². The lowest BCUT2D eigenvalue weighted by atomic mass is 10.1. The number of hydrogen-bond acceptors (Lipinski definition) is 2. The van der Waals surface area contributed by atoms with Crippen LogP contribution in [0, 0.1) is 20.8 Å². The Morgan fingerprint density at radius 3 is 2.61 bits per heavy atom. The molecule has 94 valence electrons. The molecule has 0 aliphatic heterocycles. The molecule has 0 atom stereocenters. The van der Waals surface area contributed by atoms with Crippen LogP contribution < -0.4 is 5.32 Å². The van der Waals surface area contributed by atoms with Crippen molar-refractivity contribution in [2.24, 2.45) is 0 Å². The highest BCUT2D eigenvalue weighted by atomic mass is 35.5. The third-order valence-electron chi connectivity index (χ3n) is 2.90. The first-order valence-corrected chi connectivity index (χ1v) is 5.96. The molecule has 4 nitrogen and oxygen atoms in total. The van der Waals surface area contributed by atoms with Gasteiger partial charge in [-0.15, -0.1) is 0 Å². The maximum atomic E-state index is 12.1. The van der Waals surface area contributed by atoms with Crippen LogP contribution in [-0.2, 0) is 0 Å². The summed E-state index contributed by atoms with van der Waals surface area (Å²) < 4.78 is 0. The Hall–Kier alpha value is -1.81. The predicted octanol–water partition coefficient (Wildman–Crippen LogP) is 3.24. The van der Waals surface area contributed by atoms with Gasteiger partial charge in [0.05, 0.1) is 0 Å². The average Bonchev–Trinajstić information content (AvgIpc) is 2.64. The van der Waals surface area contributed by atoms with Crippen LogP contribution >= 0.6 is 11.6 Å². The van der Waals surface area contributed by atoms with Gasteiger partial charge in [0.25, 0.3) is 5.91 Å². The van der Waals surface area contributed by atoms with E-state index in [9.17, 15) is 4.79 Å². The van der Waals surface area contributed by atoms with Gasteiger partial charge in [-0.05, 0) is 44.5 Å². The Morgan fingerprint density at radius 2 is 2.06 bits per heavy atom. The van der Waals surface area contributed by atoms with Gasteiger partial charge in [-0.2, -0.15) is 5.10 Å². The maximum absolute atomic E-state index is 12.1. The normalized spacial score (nSPS) is 10.4. The summed E-state index contributed by atoms with van der Waals surface area (Å²) in [7, 11) is 0. The molecule has 0 unspecified atom stereocenters. The molecular formula is C13H14ClN3O. The van der Waals surface area contributed by atoms with Crippen molar-refractivity contribution < 1.29 is 4.79 Å². The molecule has 1 amide bonds. The Bertz CT molecular complexity index is 604. The number of aryl methyl sites for hydroxylation is 2. The standard InChI is InChI=1S/C13H14ClN3O/c1-7-6-10(14)4-5-11(7)15-13(18)12-8(2)9(3)16-17-12/h4-6H,1-3H3,(H,15,18)(H,16,17). The van der Waals surface area contributed by atoms with Gasteiger partial charge in [0.15, 0.2) is 5.69 Å². The maximum Gasteiger partial charge on any atom is 0.276 e. The second-order valence-corrected chi connectivity index (χ2v) is 4.67. The number of carbonyl (C=O) groups is 1. The van der Waals surface area contributed by atoms with Gasteiger partial charge in [0, 0.05) is 22.0 Å². The predicted molar refractivity (Wildman–Crippen MR) is 72.2 cm³/mol. The Kier molecular flexibility index (Phi) is 3.39.